The van der Waals surface area contributed by atoms with Crippen LogP contribution >= 0.6 is 23.5 Å². The summed E-state index contributed by atoms with van der Waals surface area (Å²) in [6.45, 7) is 16.9. The van der Waals surface area contributed by atoms with E-state index in [-0.39, 0.29) is 18.3 Å². The number of rotatable bonds is 23. The number of ether oxygens (including phenoxy) is 1. The predicted octanol–water partition coefficient (Wildman–Crippen LogP) is 5.47. The first-order valence-electron chi connectivity index (χ1n) is 16.9. The fourth-order valence-electron chi connectivity index (χ4n) is 4.51. The molecule has 0 spiro atoms. The second kappa shape index (κ2) is 25.4. The van der Waals surface area contributed by atoms with Crippen molar-refractivity contribution in [2.45, 2.75) is 125 Å². The molecule has 274 valence electrons. The first-order chi connectivity index (χ1) is 22.5. The third-order valence-electron chi connectivity index (χ3n) is 7.80. The Labute approximate surface area is 298 Å². The van der Waals surface area contributed by atoms with E-state index in [0.29, 0.717) is 17.9 Å². The fourth-order valence-corrected chi connectivity index (χ4v) is 5.93. The van der Waals surface area contributed by atoms with Gasteiger partial charge in [-0.2, -0.15) is 23.5 Å². The second-order valence-corrected chi connectivity index (χ2v) is 15.0. The molecule has 0 saturated heterocycles. The van der Waals surface area contributed by atoms with Crippen LogP contribution in [0.4, 0.5) is 0 Å². The van der Waals surface area contributed by atoms with E-state index in [4.69, 9.17) is 10.5 Å². The van der Waals surface area contributed by atoms with Crippen LogP contribution in [-0.2, 0) is 28.7 Å². The summed E-state index contributed by atoms with van der Waals surface area (Å²) in [6, 6.07) is -3.77. The Morgan fingerprint density at radius 1 is 0.792 bits per heavy atom. The number of carbonyl (C=O) groups is 5. The number of carbonyl (C=O) groups excluding carboxylic acids is 5. The average molecular weight is 711 g/mol. The van der Waals surface area contributed by atoms with Crippen molar-refractivity contribution >= 4 is 53.2 Å². The number of nitrogens with one attached hydrogen (secondary N) is 3. The van der Waals surface area contributed by atoms with Gasteiger partial charge < -0.3 is 26.4 Å². The molecule has 0 aliphatic heterocycles. The zero-order valence-electron chi connectivity index (χ0n) is 30.9. The van der Waals surface area contributed by atoms with E-state index in [1.807, 2.05) is 20.1 Å². The van der Waals surface area contributed by atoms with E-state index in [1.54, 1.807) is 25.6 Å². The van der Waals surface area contributed by atoms with E-state index < -0.39 is 53.8 Å². The number of amides is 3. The number of thioether (sulfide) groups is 2. The molecule has 0 radical (unpaired) electrons. The van der Waals surface area contributed by atoms with Gasteiger partial charge in [0.05, 0.1) is 6.04 Å². The van der Waals surface area contributed by atoms with E-state index in [9.17, 15) is 24.0 Å². The lowest BCUT2D eigenvalue weighted by molar-refractivity contribution is -0.160. The molecule has 0 aliphatic carbocycles. The minimum Gasteiger partial charge on any atom is -0.392 e. The van der Waals surface area contributed by atoms with Crippen molar-refractivity contribution in [3.63, 3.8) is 0 Å². The maximum Gasteiger partial charge on any atom is 0.336 e. The topological polar surface area (TPSA) is 157 Å². The van der Waals surface area contributed by atoms with E-state index >= 15 is 0 Å². The Morgan fingerprint density at radius 2 is 1.35 bits per heavy atom. The molecule has 0 heterocycles. The van der Waals surface area contributed by atoms with Gasteiger partial charge in [0.15, 0.2) is 0 Å². The van der Waals surface area contributed by atoms with Gasteiger partial charge in [-0.1, -0.05) is 69.1 Å². The molecule has 0 rings (SSSR count). The molecule has 0 aliphatic rings. The van der Waals surface area contributed by atoms with Gasteiger partial charge in [0.25, 0.3) is 0 Å². The number of esters is 2. The Balaban J connectivity index is 5.21. The summed E-state index contributed by atoms with van der Waals surface area (Å²) in [5.41, 5.74) is 10.2. The van der Waals surface area contributed by atoms with Gasteiger partial charge in [0.2, 0.25) is 17.7 Å². The van der Waals surface area contributed by atoms with Crippen LogP contribution in [0.15, 0.2) is 34.9 Å². The Morgan fingerprint density at radius 3 is 1.90 bits per heavy atom. The molecule has 0 fully saturated rings. The molecule has 10 nitrogen and oxygen atoms in total. The molecule has 3 amide bonds. The zero-order chi connectivity index (χ0) is 36.8. The van der Waals surface area contributed by atoms with Crippen molar-refractivity contribution in [2.75, 3.05) is 23.5 Å². The molecule has 12 heteroatoms. The number of nitrogens with two attached hydrogens (primary N) is 1. The lowest BCUT2D eigenvalue weighted by Crippen LogP contribution is -2.60. The third-order valence-corrected chi connectivity index (χ3v) is 9.44. The van der Waals surface area contributed by atoms with Crippen molar-refractivity contribution < 1.29 is 28.7 Å². The van der Waals surface area contributed by atoms with Crippen molar-refractivity contribution in [3.8, 4) is 0 Å². The maximum atomic E-state index is 13.5. The van der Waals surface area contributed by atoms with Crippen molar-refractivity contribution in [1.29, 1.82) is 0 Å². The molecule has 0 unspecified atom stereocenters. The molecule has 0 aromatic heterocycles. The first kappa shape index (κ1) is 45.4. The van der Waals surface area contributed by atoms with Gasteiger partial charge in [0.1, 0.15) is 18.1 Å². The summed E-state index contributed by atoms with van der Waals surface area (Å²) >= 11 is 3.04. The van der Waals surface area contributed by atoms with Crippen LogP contribution in [0.25, 0.3) is 0 Å². The van der Waals surface area contributed by atoms with Gasteiger partial charge in [-0.05, 0) is 83.6 Å². The molecule has 0 bridgehead atoms. The van der Waals surface area contributed by atoms with Crippen molar-refractivity contribution in [2.24, 2.45) is 17.6 Å². The molecule has 0 aromatic carbocycles. The quantitative estimate of drug-likeness (QED) is 0.0468. The lowest BCUT2D eigenvalue weighted by Gasteiger charge is -2.29. The molecule has 0 saturated carbocycles. The maximum absolute atomic E-state index is 13.5. The molecule has 5 atom stereocenters. The average Bonchev–Trinajstić information content (AvgIpc) is 3.00. The van der Waals surface area contributed by atoms with E-state index in [2.05, 4.69) is 61.9 Å². The van der Waals surface area contributed by atoms with Crippen LogP contribution in [0.1, 0.15) is 101 Å². The van der Waals surface area contributed by atoms with E-state index in [0.717, 1.165) is 38.4 Å². The van der Waals surface area contributed by atoms with Crippen LogP contribution in [0.2, 0.25) is 0 Å². The minimum atomic E-state index is -1.05. The van der Waals surface area contributed by atoms with Gasteiger partial charge in [0, 0.05) is 18.4 Å². The van der Waals surface area contributed by atoms with E-state index in [1.165, 1.54) is 28.5 Å². The Hall–Kier alpha value is -2.57. The standard InChI is InChI=1S/C36H62N4O6S2/c1-11-27(8)32(35(44)38-30(19-20-47-10)36(45)46-28(9)41)40-34(43)31(24(4)5)39-33(42)29(37)22-48-21-18-26(7)17-13-16-25(6)15-12-14-23(2)3/h14,16,18,24,27,29-32H,11-13,15,17,19-22,37H2,1-10H3,(H,38,44)(H,39,42)(H,40,43)/t27-,29-,30-,31-,32-/m0/s1. The smallest absolute Gasteiger partial charge is 0.336 e. The van der Waals surface area contributed by atoms with Crippen LogP contribution in [0, 0.1) is 11.8 Å². The Bertz CT molecular complexity index is 1130. The second-order valence-electron chi connectivity index (χ2n) is 13.0. The first-order valence-corrected chi connectivity index (χ1v) is 19.5. The summed E-state index contributed by atoms with van der Waals surface area (Å²) in [6.07, 6.45) is 13.5. The summed E-state index contributed by atoms with van der Waals surface area (Å²) in [4.78, 5) is 63.7. The van der Waals surface area contributed by atoms with Gasteiger partial charge in [-0.15, -0.1) is 0 Å². The van der Waals surface area contributed by atoms with Crippen LogP contribution in [0.3, 0.4) is 0 Å². The highest BCUT2D eigenvalue weighted by molar-refractivity contribution is 7.99. The molecule has 48 heavy (non-hydrogen) atoms. The lowest BCUT2D eigenvalue weighted by atomic mass is 9.96. The minimum absolute atomic E-state index is 0.254. The Kier molecular flexibility index (Phi) is 24.0. The SMILES string of the molecule is CC[C@H](C)[C@H](NC(=O)[C@@H](NC(=O)[C@@H](N)CSCC=C(C)CCC=C(C)CCC=C(C)C)C(C)C)C(=O)N[C@@H](CCSC)C(=O)OC(C)=O. The van der Waals surface area contributed by atoms with Gasteiger partial charge in [-0.25, -0.2) is 4.79 Å². The largest absolute Gasteiger partial charge is 0.392 e. The highest BCUT2D eigenvalue weighted by atomic mass is 32.2. The number of allylic oxidation sites excluding steroid dienone is 5. The molecular formula is C36H62N4O6S2. The number of hydrogen-bond acceptors (Lipinski definition) is 9. The van der Waals surface area contributed by atoms with Crippen LogP contribution in [-0.4, -0.2) is 77.3 Å². The van der Waals surface area contributed by atoms with Gasteiger partial charge >= 0.3 is 11.9 Å². The summed E-state index contributed by atoms with van der Waals surface area (Å²) < 4.78 is 4.72. The van der Waals surface area contributed by atoms with Crippen molar-refractivity contribution in [3.05, 3.63) is 34.9 Å². The zero-order valence-corrected chi connectivity index (χ0v) is 32.5. The fraction of sp³-hybridized carbons (Fsp3) is 0.694. The highest BCUT2D eigenvalue weighted by Crippen LogP contribution is 2.14. The molecule has 5 N–H and O–H groups in total. The van der Waals surface area contributed by atoms with Gasteiger partial charge in [-0.3, -0.25) is 19.2 Å². The van der Waals surface area contributed by atoms with Crippen LogP contribution < -0.4 is 21.7 Å². The molecular weight excluding hydrogens is 649 g/mol. The summed E-state index contributed by atoms with van der Waals surface area (Å²) in [7, 11) is 0. The monoisotopic (exact) mass is 710 g/mol. The molecule has 0 aromatic rings. The number of hydrogen-bond donors (Lipinski definition) is 4. The highest BCUT2D eigenvalue weighted by Gasteiger charge is 2.34. The van der Waals surface area contributed by atoms with Crippen LogP contribution in [0.5, 0.6) is 0 Å². The van der Waals surface area contributed by atoms with Crippen molar-refractivity contribution in [1.82, 2.24) is 16.0 Å². The third kappa shape index (κ3) is 20.1. The normalized spacial score (nSPS) is 15.1. The summed E-state index contributed by atoms with van der Waals surface area (Å²) in [5.74, 6) is -2.07. The predicted molar refractivity (Wildman–Crippen MR) is 201 cm³/mol. The summed E-state index contributed by atoms with van der Waals surface area (Å²) in [5, 5.41) is 8.21.